The molecule has 0 unspecified atom stereocenters. The normalized spacial score (nSPS) is 15.2. The van der Waals surface area contributed by atoms with E-state index < -0.39 is 0 Å². The van der Waals surface area contributed by atoms with Crippen LogP contribution in [-0.4, -0.2) is 20.2 Å². The minimum Gasteiger partial charge on any atom is -0.262 e. The van der Waals surface area contributed by atoms with E-state index in [1.807, 2.05) is 0 Å². The first-order valence-corrected chi connectivity index (χ1v) is 10.6. The first kappa shape index (κ1) is 17.8. The second-order valence-corrected chi connectivity index (χ2v) is 8.53. The molecule has 1 aromatic carbocycles. The van der Waals surface area contributed by atoms with E-state index in [4.69, 9.17) is 11.6 Å². The van der Waals surface area contributed by atoms with Crippen LogP contribution in [-0.2, 0) is 12.2 Å². The molecule has 0 amide bonds. The molecular weight excluding hydrogens is 364 g/mol. The average Bonchev–Trinajstić information content (AvgIpc) is 3.30. The van der Waals surface area contributed by atoms with Crippen LogP contribution in [0.3, 0.4) is 0 Å². The van der Waals surface area contributed by atoms with E-state index in [0.29, 0.717) is 5.15 Å². The van der Waals surface area contributed by atoms with E-state index in [9.17, 15) is 0 Å². The predicted octanol–water partition coefficient (Wildman–Crippen LogP) is 5.65. The molecule has 0 atom stereocenters. The van der Waals surface area contributed by atoms with E-state index in [1.54, 1.807) is 11.8 Å². The standard InChI is InChI=1S/C20H23ClN4S/c1-12-7-8-15-10-16(19(21)23-18(15)13(12)2)11-26-20-22-17(24-25-20)9-14-5-3-4-6-14/h7-8,10,14H,3-6,9,11H2,1-2H3,(H,22,24,25). The van der Waals surface area contributed by atoms with Crippen LogP contribution in [0.4, 0.5) is 0 Å². The number of thioether (sulfide) groups is 1. The molecule has 26 heavy (non-hydrogen) atoms. The van der Waals surface area contributed by atoms with Gasteiger partial charge < -0.3 is 0 Å². The van der Waals surface area contributed by atoms with Gasteiger partial charge in [0.1, 0.15) is 11.0 Å². The summed E-state index contributed by atoms with van der Waals surface area (Å²) in [6, 6.07) is 6.38. The van der Waals surface area contributed by atoms with E-state index in [-0.39, 0.29) is 0 Å². The lowest BCUT2D eigenvalue weighted by molar-refractivity contribution is 0.531. The van der Waals surface area contributed by atoms with E-state index in [1.165, 1.54) is 36.8 Å². The topological polar surface area (TPSA) is 54.5 Å². The zero-order chi connectivity index (χ0) is 18.1. The van der Waals surface area contributed by atoms with Crippen LogP contribution in [0, 0.1) is 19.8 Å². The Hall–Kier alpha value is -1.59. The SMILES string of the molecule is Cc1ccc2cc(CSc3n[nH]c(CC4CCCC4)n3)c(Cl)nc2c1C. The van der Waals surface area contributed by atoms with Gasteiger partial charge in [0.25, 0.3) is 0 Å². The number of aromatic nitrogens is 4. The van der Waals surface area contributed by atoms with Crippen molar-refractivity contribution >= 4 is 34.3 Å². The summed E-state index contributed by atoms with van der Waals surface area (Å²) in [5.74, 6) is 2.50. The fourth-order valence-corrected chi connectivity index (χ4v) is 4.74. The number of aromatic amines is 1. The Morgan fingerprint density at radius 2 is 2.00 bits per heavy atom. The summed E-state index contributed by atoms with van der Waals surface area (Å²) in [6.07, 6.45) is 6.37. The Bertz CT molecular complexity index is 931. The van der Waals surface area contributed by atoms with Gasteiger partial charge in [-0.05, 0) is 37.0 Å². The van der Waals surface area contributed by atoms with Gasteiger partial charge >= 0.3 is 0 Å². The third-order valence-electron chi connectivity index (χ3n) is 5.36. The van der Waals surface area contributed by atoms with Crippen molar-refractivity contribution in [1.82, 2.24) is 20.2 Å². The Kier molecular flexibility index (Phi) is 5.18. The highest BCUT2D eigenvalue weighted by molar-refractivity contribution is 7.98. The number of fused-ring (bicyclic) bond motifs is 1. The minimum absolute atomic E-state index is 0.570. The monoisotopic (exact) mass is 386 g/mol. The molecular formula is C20H23ClN4S. The van der Waals surface area contributed by atoms with Crippen LogP contribution < -0.4 is 0 Å². The van der Waals surface area contributed by atoms with Crippen LogP contribution in [0.5, 0.6) is 0 Å². The number of aryl methyl sites for hydroxylation is 2. The molecule has 1 saturated carbocycles. The Labute approximate surface area is 163 Å². The van der Waals surface area contributed by atoms with Gasteiger partial charge in [0.15, 0.2) is 0 Å². The number of nitrogens with one attached hydrogen (secondary N) is 1. The summed E-state index contributed by atoms with van der Waals surface area (Å²) in [6.45, 7) is 4.19. The number of H-pyrrole nitrogens is 1. The summed E-state index contributed by atoms with van der Waals surface area (Å²) >= 11 is 8.04. The molecule has 1 aliphatic carbocycles. The molecule has 0 spiro atoms. The van der Waals surface area contributed by atoms with Gasteiger partial charge in [-0.25, -0.2) is 9.97 Å². The van der Waals surface area contributed by atoms with E-state index in [2.05, 4.69) is 52.2 Å². The quantitative estimate of drug-likeness (QED) is 0.454. The van der Waals surface area contributed by atoms with Gasteiger partial charge in [-0.1, -0.05) is 61.2 Å². The van der Waals surface area contributed by atoms with Crippen LogP contribution >= 0.6 is 23.4 Å². The van der Waals surface area contributed by atoms with Gasteiger partial charge in [0, 0.05) is 23.1 Å². The Balaban J connectivity index is 1.46. The summed E-state index contributed by atoms with van der Waals surface area (Å²) in [4.78, 5) is 9.26. The van der Waals surface area contributed by atoms with Crippen molar-refractivity contribution < 1.29 is 0 Å². The summed E-state index contributed by atoms with van der Waals surface area (Å²) in [5.41, 5.74) is 4.43. The minimum atomic E-state index is 0.570. The number of hydrogen-bond donors (Lipinski definition) is 1. The molecule has 0 radical (unpaired) electrons. The van der Waals surface area contributed by atoms with Crippen LogP contribution in [0.15, 0.2) is 23.4 Å². The Morgan fingerprint density at radius 3 is 2.81 bits per heavy atom. The lowest BCUT2D eigenvalue weighted by Gasteiger charge is -2.08. The van der Waals surface area contributed by atoms with E-state index in [0.717, 1.165) is 45.5 Å². The number of rotatable bonds is 5. The molecule has 1 N–H and O–H groups in total. The summed E-state index contributed by atoms with van der Waals surface area (Å²) in [7, 11) is 0. The molecule has 0 aliphatic heterocycles. The molecule has 4 nitrogen and oxygen atoms in total. The van der Waals surface area contributed by atoms with Crippen molar-refractivity contribution in [3.63, 3.8) is 0 Å². The first-order chi connectivity index (χ1) is 12.6. The van der Waals surface area contributed by atoms with Crippen molar-refractivity contribution in [2.45, 2.75) is 56.9 Å². The fourth-order valence-electron chi connectivity index (χ4n) is 3.67. The summed E-state index contributed by atoms with van der Waals surface area (Å²) in [5, 5.41) is 9.94. The molecule has 1 fully saturated rings. The summed E-state index contributed by atoms with van der Waals surface area (Å²) < 4.78 is 0. The average molecular weight is 387 g/mol. The Morgan fingerprint density at radius 1 is 1.19 bits per heavy atom. The van der Waals surface area contributed by atoms with Gasteiger partial charge in [0.05, 0.1) is 5.52 Å². The van der Waals surface area contributed by atoms with Crippen molar-refractivity contribution in [3.8, 4) is 0 Å². The van der Waals surface area contributed by atoms with Crippen LogP contribution in [0.1, 0.15) is 48.2 Å². The molecule has 6 heteroatoms. The molecule has 3 aromatic rings. The van der Waals surface area contributed by atoms with Crippen LogP contribution in [0.2, 0.25) is 5.15 Å². The number of pyridine rings is 1. The molecule has 2 aromatic heterocycles. The van der Waals surface area contributed by atoms with Crippen molar-refractivity contribution in [1.29, 1.82) is 0 Å². The van der Waals surface area contributed by atoms with Crippen molar-refractivity contribution in [2.75, 3.05) is 0 Å². The molecule has 1 aliphatic rings. The second kappa shape index (κ2) is 7.57. The van der Waals surface area contributed by atoms with Crippen molar-refractivity contribution in [2.24, 2.45) is 5.92 Å². The fraction of sp³-hybridized carbons (Fsp3) is 0.450. The molecule has 4 rings (SSSR count). The molecule has 0 bridgehead atoms. The maximum Gasteiger partial charge on any atom is 0.208 e. The third kappa shape index (κ3) is 3.74. The maximum atomic E-state index is 6.44. The zero-order valence-corrected chi connectivity index (χ0v) is 16.8. The highest BCUT2D eigenvalue weighted by Gasteiger charge is 2.17. The highest BCUT2D eigenvalue weighted by atomic mass is 35.5. The van der Waals surface area contributed by atoms with Gasteiger partial charge in [0.2, 0.25) is 5.16 Å². The zero-order valence-electron chi connectivity index (χ0n) is 15.2. The molecule has 0 saturated heterocycles. The number of benzene rings is 1. The highest BCUT2D eigenvalue weighted by Crippen LogP contribution is 2.30. The second-order valence-electron chi connectivity index (χ2n) is 7.23. The van der Waals surface area contributed by atoms with E-state index >= 15 is 0 Å². The lowest BCUT2D eigenvalue weighted by Crippen LogP contribution is -2.00. The number of hydrogen-bond acceptors (Lipinski definition) is 4. The maximum absolute atomic E-state index is 6.44. The largest absolute Gasteiger partial charge is 0.262 e. The third-order valence-corrected chi connectivity index (χ3v) is 6.59. The number of nitrogens with zero attached hydrogens (tertiary/aromatic N) is 3. The van der Waals surface area contributed by atoms with Gasteiger partial charge in [-0.2, -0.15) is 0 Å². The van der Waals surface area contributed by atoms with Crippen LogP contribution in [0.25, 0.3) is 10.9 Å². The first-order valence-electron chi connectivity index (χ1n) is 9.19. The number of halogens is 1. The van der Waals surface area contributed by atoms with Gasteiger partial charge in [-0.3, -0.25) is 5.10 Å². The molecule has 136 valence electrons. The smallest absolute Gasteiger partial charge is 0.208 e. The predicted molar refractivity (Wildman–Crippen MR) is 108 cm³/mol. The van der Waals surface area contributed by atoms with Crippen molar-refractivity contribution in [3.05, 3.63) is 45.9 Å². The molecule has 2 heterocycles. The van der Waals surface area contributed by atoms with Gasteiger partial charge in [-0.15, -0.1) is 5.10 Å². The lowest BCUT2D eigenvalue weighted by atomic mass is 10.0.